The predicted octanol–water partition coefficient (Wildman–Crippen LogP) is 4.24. The molecule has 3 aromatic rings. The van der Waals surface area contributed by atoms with Crippen LogP contribution in [0.25, 0.3) is 0 Å². The third kappa shape index (κ3) is 5.82. The zero-order valence-electron chi connectivity index (χ0n) is 15.9. The molecule has 0 aliphatic carbocycles. The van der Waals surface area contributed by atoms with Crippen molar-refractivity contribution in [2.75, 3.05) is 10.6 Å². The highest BCUT2D eigenvalue weighted by molar-refractivity contribution is 7.92. The van der Waals surface area contributed by atoms with Gasteiger partial charge in [0.15, 0.2) is 0 Å². The molecule has 0 saturated heterocycles. The van der Waals surface area contributed by atoms with Gasteiger partial charge in [0.25, 0.3) is 5.91 Å². The van der Waals surface area contributed by atoms with Crippen molar-refractivity contribution in [3.8, 4) is 0 Å². The van der Waals surface area contributed by atoms with Crippen molar-refractivity contribution in [1.29, 1.82) is 0 Å². The summed E-state index contributed by atoms with van der Waals surface area (Å²) in [7, 11) is -3.48. The highest BCUT2D eigenvalue weighted by Gasteiger charge is 2.18. The molecule has 3 rings (SSSR count). The Morgan fingerprint density at radius 3 is 2.10 bits per heavy atom. The molecular weight excluding hydrogens is 408 g/mol. The maximum atomic E-state index is 12.4. The van der Waals surface area contributed by atoms with E-state index in [4.69, 9.17) is 11.6 Å². The number of nitrogens with one attached hydrogen (secondary N) is 1. The maximum absolute atomic E-state index is 12.4. The van der Waals surface area contributed by atoms with Crippen molar-refractivity contribution in [2.24, 2.45) is 0 Å². The van der Waals surface area contributed by atoms with Gasteiger partial charge in [-0.1, -0.05) is 54.1 Å². The van der Waals surface area contributed by atoms with Crippen LogP contribution < -0.4 is 9.62 Å². The van der Waals surface area contributed by atoms with Gasteiger partial charge < -0.3 is 5.32 Å². The van der Waals surface area contributed by atoms with Gasteiger partial charge in [0, 0.05) is 17.1 Å². The lowest BCUT2D eigenvalue weighted by Crippen LogP contribution is -2.29. The van der Waals surface area contributed by atoms with Crippen LogP contribution in [-0.4, -0.2) is 20.6 Å². The Morgan fingerprint density at radius 1 is 0.897 bits per heavy atom. The molecule has 1 N–H and O–H groups in total. The lowest BCUT2D eigenvalue weighted by molar-refractivity contribution is 0.0951. The summed E-state index contributed by atoms with van der Waals surface area (Å²) in [6.45, 7) is 0.600. The number of hydrogen-bond donors (Lipinski definition) is 1. The van der Waals surface area contributed by atoms with E-state index in [2.05, 4.69) is 5.32 Å². The van der Waals surface area contributed by atoms with Gasteiger partial charge in [0.2, 0.25) is 10.0 Å². The number of rotatable bonds is 7. The first kappa shape index (κ1) is 20.9. The van der Waals surface area contributed by atoms with Crippen LogP contribution in [0.2, 0.25) is 5.02 Å². The second-order valence-corrected chi connectivity index (χ2v) is 8.95. The van der Waals surface area contributed by atoms with E-state index in [1.807, 2.05) is 42.5 Å². The minimum atomic E-state index is -3.48. The number of sulfonamides is 1. The van der Waals surface area contributed by atoms with Crippen molar-refractivity contribution in [3.05, 3.63) is 101 Å². The molecule has 5 nitrogen and oxygen atoms in total. The van der Waals surface area contributed by atoms with E-state index < -0.39 is 10.0 Å². The summed E-state index contributed by atoms with van der Waals surface area (Å²) in [4.78, 5) is 12.4. The first-order chi connectivity index (χ1) is 13.8. The third-order valence-electron chi connectivity index (χ3n) is 4.35. The van der Waals surface area contributed by atoms with E-state index in [0.717, 1.165) is 11.1 Å². The topological polar surface area (TPSA) is 66.5 Å². The summed E-state index contributed by atoms with van der Waals surface area (Å²) in [6, 6.07) is 23.1. The van der Waals surface area contributed by atoms with Crippen LogP contribution in [0.5, 0.6) is 0 Å². The van der Waals surface area contributed by atoms with Crippen LogP contribution in [0.3, 0.4) is 0 Å². The van der Waals surface area contributed by atoms with Crippen LogP contribution in [0.4, 0.5) is 5.69 Å². The fourth-order valence-corrected chi connectivity index (χ4v) is 3.83. The molecule has 0 aromatic heterocycles. The van der Waals surface area contributed by atoms with Crippen molar-refractivity contribution < 1.29 is 13.2 Å². The molecule has 0 aliphatic rings. The monoisotopic (exact) mass is 428 g/mol. The first-order valence-electron chi connectivity index (χ1n) is 8.97. The van der Waals surface area contributed by atoms with Gasteiger partial charge in [0.05, 0.1) is 18.5 Å². The molecule has 1 amide bonds. The number of halogens is 1. The number of amides is 1. The minimum Gasteiger partial charge on any atom is -0.348 e. The van der Waals surface area contributed by atoms with Crippen molar-refractivity contribution in [1.82, 2.24) is 5.32 Å². The van der Waals surface area contributed by atoms with Crippen LogP contribution in [-0.2, 0) is 23.1 Å². The molecule has 29 heavy (non-hydrogen) atoms. The summed E-state index contributed by atoms with van der Waals surface area (Å²) >= 11 is 5.86. The normalized spacial score (nSPS) is 11.1. The first-order valence-corrected chi connectivity index (χ1v) is 11.2. The van der Waals surface area contributed by atoms with Gasteiger partial charge in [-0.3, -0.25) is 9.10 Å². The van der Waals surface area contributed by atoms with Crippen LogP contribution in [0.1, 0.15) is 21.5 Å². The predicted molar refractivity (Wildman–Crippen MR) is 117 cm³/mol. The van der Waals surface area contributed by atoms with Gasteiger partial charge in [-0.15, -0.1) is 0 Å². The zero-order chi connectivity index (χ0) is 20.9. The Hall–Kier alpha value is -2.83. The summed E-state index contributed by atoms with van der Waals surface area (Å²) < 4.78 is 25.9. The Morgan fingerprint density at radius 2 is 1.52 bits per heavy atom. The van der Waals surface area contributed by atoms with E-state index >= 15 is 0 Å². The smallest absolute Gasteiger partial charge is 0.251 e. The van der Waals surface area contributed by atoms with Gasteiger partial charge >= 0.3 is 0 Å². The molecule has 0 fully saturated rings. The Balaban J connectivity index is 1.71. The van der Waals surface area contributed by atoms with Crippen LogP contribution in [0, 0.1) is 0 Å². The molecule has 0 atom stereocenters. The summed E-state index contributed by atoms with van der Waals surface area (Å²) in [5.41, 5.74) is 2.77. The average Bonchev–Trinajstić information content (AvgIpc) is 2.71. The number of anilines is 1. The fraction of sp³-hybridized carbons (Fsp3) is 0.136. The second-order valence-electron chi connectivity index (χ2n) is 6.61. The molecule has 3 aromatic carbocycles. The van der Waals surface area contributed by atoms with Crippen LogP contribution >= 0.6 is 11.6 Å². The van der Waals surface area contributed by atoms with E-state index in [0.29, 0.717) is 22.8 Å². The van der Waals surface area contributed by atoms with E-state index in [9.17, 15) is 13.2 Å². The van der Waals surface area contributed by atoms with Gasteiger partial charge in [-0.2, -0.15) is 0 Å². The maximum Gasteiger partial charge on any atom is 0.251 e. The molecule has 0 bridgehead atoms. The molecular formula is C22H21ClN2O3S. The Bertz CT molecular complexity index is 1070. The van der Waals surface area contributed by atoms with E-state index in [1.54, 1.807) is 36.4 Å². The molecule has 0 saturated carbocycles. The van der Waals surface area contributed by atoms with E-state index in [1.165, 1.54) is 10.6 Å². The van der Waals surface area contributed by atoms with E-state index in [-0.39, 0.29) is 12.5 Å². The largest absolute Gasteiger partial charge is 0.348 e. The van der Waals surface area contributed by atoms with Crippen molar-refractivity contribution in [2.45, 2.75) is 13.1 Å². The SMILES string of the molecule is CS(=O)(=O)N(Cc1ccccc1)c1ccc(C(=O)NCc2ccc(Cl)cc2)cc1. The van der Waals surface area contributed by atoms with Gasteiger partial charge in [-0.25, -0.2) is 8.42 Å². The lowest BCUT2D eigenvalue weighted by Gasteiger charge is -2.22. The second kappa shape index (κ2) is 9.11. The number of carbonyl (C=O) groups is 1. The average molecular weight is 429 g/mol. The lowest BCUT2D eigenvalue weighted by atomic mass is 10.1. The zero-order valence-corrected chi connectivity index (χ0v) is 17.5. The number of hydrogen-bond acceptors (Lipinski definition) is 3. The van der Waals surface area contributed by atoms with Crippen molar-refractivity contribution >= 4 is 33.2 Å². The molecule has 0 radical (unpaired) electrons. The number of nitrogens with zero attached hydrogens (tertiary/aromatic N) is 1. The van der Waals surface area contributed by atoms with Gasteiger partial charge in [0.1, 0.15) is 0 Å². The molecule has 7 heteroatoms. The fourth-order valence-electron chi connectivity index (χ4n) is 2.81. The van der Waals surface area contributed by atoms with Gasteiger partial charge in [-0.05, 0) is 47.5 Å². The highest BCUT2D eigenvalue weighted by Crippen LogP contribution is 2.21. The molecule has 150 valence electrons. The number of carbonyl (C=O) groups excluding carboxylic acids is 1. The Kier molecular flexibility index (Phi) is 6.56. The summed E-state index contributed by atoms with van der Waals surface area (Å²) in [5, 5.41) is 3.48. The standard InChI is InChI=1S/C22H21ClN2O3S/c1-29(27,28)25(16-18-5-3-2-4-6-18)21-13-9-19(10-14-21)22(26)24-15-17-7-11-20(23)12-8-17/h2-14H,15-16H2,1H3,(H,24,26). The molecule has 0 aliphatic heterocycles. The van der Waals surface area contributed by atoms with Crippen molar-refractivity contribution in [3.63, 3.8) is 0 Å². The summed E-state index contributed by atoms with van der Waals surface area (Å²) in [6.07, 6.45) is 1.17. The summed E-state index contributed by atoms with van der Waals surface area (Å²) in [5.74, 6) is -0.236. The molecule has 0 heterocycles. The third-order valence-corrected chi connectivity index (χ3v) is 5.75. The molecule has 0 spiro atoms. The molecule has 0 unspecified atom stereocenters. The Labute approximate surface area is 176 Å². The quantitative estimate of drug-likeness (QED) is 0.612. The van der Waals surface area contributed by atoms with Crippen LogP contribution in [0.15, 0.2) is 78.9 Å². The highest BCUT2D eigenvalue weighted by atomic mass is 35.5. The minimum absolute atomic E-state index is 0.224. The number of benzene rings is 3.